The summed E-state index contributed by atoms with van der Waals surface area (Å²) in [7, 11) is 1.91. The summed E-state index contributed by atoms with van der Waals surface area (Å²) in [6.07, 6.45) is 0. The molecule has 1 aromatic carbocycles. The highest BCUT2D eigenvalue weighted by atomic mass is 19.1. The Balaban J connectivity index is 3.12. The molecule has 1 aromatic rings. The summed E-state index contributed by atoms with van der Waals surface area (Å²) in [5, 5.41) is 0. The first-order chi connectivity index (χ1) is 7.43. The summed E-state index contributed by atoms with van der Waals surface area (Å²) in [5.74, 6) is -0.249. The molecule has 16 heavy (non-hydrogen) atoms. The largest absolute Gasteiger partial charge is 0.370 e. The first-order valence-corrected chi connectivity index (χ1v) is 5.33. The average Bonchev–Trinajstić information content (AvgIpc) is 2.15. The molecule has 3 heteroatoms. The number of rotatable bonds is 4. The molecule has 0 fully saturated rings. The molecule has 0 aliphatic heterocycles. The Morgan fingerprint density at radius 1 is 1.56 bits per heavy atom. The fourth-order valence-electron chi connectivity index (χ4n) is 1.80. The highest BCUT2D eigenvalue weighted by Gasteiger charge is 2.15. The normalized spacial score (nSPS) is 12.3. The summed E-state index contributed by atoms with van der Waals surface area (Å²) in [6.45, 7) is 8.28. The van der Waals surface area contributed by atoms with Gasteiger partial charge in [-0.15, -0.1) is 0 Å². The van der Waals surface area contributed by atoms with Crippen molar-refractivity contribution in [1.29, 1.82) is 0 Å². The van der Waals surface area contributed by atoms with Crippen molar-refractivity contribution < 1.29 is 4.39 Å². The van der Waals surface area contributed by atoms with Crippen molar-refractivity contribution >= 4 is 5.69 Å². The maximum Gasteiger partial charge on any atom is 0.130 e. The number of hydrogen-bond donors (Lipinski definition) is 1. The number of likely N-dealkylation sites (N-methyl/N-ethyl adjacent to an activating group) is 1. The molecule has 0 bridgehead atoms. The Hall–Kier alpha value is -1.35. The van der Waals surface area contributed by atoms with E-state index in [4.69, 9.17) is 5.73 Å². The molecule has 0 aliphatic carbocycles. The van der Waals surface area contributed by atoms with Crippen molar-refractivity contribution in [1.82, 2.24) is 0 Å². The summed E-state index contributed by atoms with van der Waals surface area (Å²) >= 11 is 0. The molecule has 0 saturated carbocycles. The van der Waals surface area contributed by atoms with Crippen LogP contribution in [0.15, 0.2) is 30.4 Å². The Labute approximate surface area is 96.6 Å². The fourth-order valence-corrected chi connectivity index (χ4v) is 1.80. The maximum absolute atomic E-state index is 13.7. The second kappa shape index (κ2) is 5.12. The molecule has 0 unspecified atom stereocenters. The van der Waals surface area contributed by atoms with Crippen molar-refractivity contribution in [3.8, 4) is 0 Å². The van der Waals surface area contributed by atoms with E-state index in [1.54, 1.807) is 13.0 Å². The molecule has 0 spiro atoms. The minimum absolute atomic E-state index is 0.249. The van der Waals surface area contributed by atoms with Gasteiger partial charge >= 0.3 is 0 Å². The monoisotopic (exact) mass is 222 g/mol. The number of benzene rings is 1. The minimum Gasteiger partial charge on any atom is -0.370 e. The Morgan fingerprint density at radius 3 is 2.69 bits per heavy atom. The molecule has 0 aliphatic rings. The Bertz CT molecular complexity index is 386. The van der Waals surface area contributed by atoms with Crippen molar-refractivity contribution in [2.45, 2.75) is 19.9 Å². The van der Waals surface area contributed by atoms with E-state index in [0.717, 1.165) is 11.3 Å². The standard InChI is InChI=1S/C13H19FN2/c1-9(2)8-16(4)12-7-5-6-11(14)13(12)10(3)15/h5-7,10H,1,8,15H2,2-4H3/t10-/m1/s1. The molecule has 0 radical (unpaired) electrons. The SMILES string of the molecule is C=C(C)CN(C)c1cccc(F)c1[C@@H](C)N. The van der Waals surface area contributed by atoms with E-state index < -0.39 is 0 Å². The third-order valence-corrected chi connectivity index (χ3v) is 2.40. The second-order valence-corrected chi connectivity index (χ2v) is 4.27. The van der Waals surface area contributed by atoms with Crippen LogP contribution in [0, 0.1) is 5.82 Å². The predicted molar refractivity (Wildman–Crippen MR) is 67.1 cm³/mol. The maximum atomic E-state index is 13.7. The lowest BCUT2D eigenvalue weighted by molar-refractivity contribution is 0.593. The van der Waals surface area contributed by atoms with Gasteiger partial charge in [0.15, 0.2) is 0 Å². The lowest BCUT2D eigenvalue weighted by atomic mass is 10.0. The zero-order valence-electron chi connectivity index (χ0n) is 10.1. The third-order valence-electron chi connectivity index (χ3n) is 2.40. The van der Waals surface area contributed by atoms with Gasteiger partial charge in [0, 0.05) is 30.9 Å². The van der Waals surface area contributed by atoms with Gasteiger partial charge in [0.05, 0.1) is 0 Å². The van der Waals surface area contributed by atoms with Crippen LogP contribution in [0.5, 0.6) is 0 Å². The van der Waals surface area contributed by atoms with Crippen LogP contribution >= 0.6 is 0 Å². The topological polar surface area (TPSA) is 29.3 Å². The zero-order valence-corrected chi connectivity index (χ0v) is 10.1. The summed E-state index contributed by atoms with van der Waals surface area (Å²) in [6, 6.07) is 4.70. The van der Waals surface area contributed by atoms with E-state index in [9.17, 15) is 4.39 Å². The Morgan fingerprint density at radius 2 is 2.19 bits per heavy atom. The molecule has 2 N–H and O–H groups in total. The van der Waals surface area contributed by atoms with Crippen LogP contribution in [0.1, 0.15) is 25.5 Å². The lowest BCUT2D eigenvalue weighted by Gasteiger charge is -2.24. The number of anilines is 1. The summed E-state index contributed by atoms with van der Waals surface area (Å²) in [4.78, 5) is 1.96. The van der Waals surface area contributed by atoms with E-state index in [1.165, 1.54) is 6.07 Å². The van der Waals surface area contributed by atoms with Crippen LogP contribution < -0.4 is 10.6 Å². The van der Waals surface area contributed by atoms with Crippen molar-refractivity contribution in [2.75, 3.05) is 18.5 Å². The zero-order chi connectivity index (χ0) is 12.3. The fraction of sp³-hybridized carbons (Fsp3) is 0.385. The molecule has 1 atom stereocenters. The van der Waals surface area contributed by atoms with Crippen molar-refractivity contribution in [3.05, 3.63) is 41.7 Å². The smallest absolute Gasteiger partial charge is 0.130 e. The van der Waals surface area contributed by atoms with Gasteiger partial charge in [-0.05, 0) is 26.0 Å². The van der Waals surface area contributed by atoms with Gasteiger partial charge in [-0.3, -0.25) is 0 Å². The van der Waals surface area contributed by atoms with Crippen LogP contribution in [-0.4, -0.2) is 13.6 Å². The number of halogens is 1. The van der Waals surface area contributed by atoms with Crippen LogP contribution in [0.2, 0.25) is 0 Å². The molecule has 0 heterocycles. The van der Waals surface area contributed by atoms with Gasteiger partial charge in [-0.1, -0.05) is 18.2 Å². The van der Waals surface area contributed by atoms with Gasteiger partial charge in [-0.25, -0.2) is 4.39 Å². The molecule has 1 rings (SSSR count). The molecule has 0 saturated heterocycles. The minimum atomic E-state index is -0.316. The highest BCUT2D eigenvalue weighted by Crippen LogP contribution is 2.27. The van der Waals surface area contributed by atoms with Gasteiger partial charge in [0.2, 0.25) is 0 Å². The van der Waals surface area contributed by atoms with E-state index in [-0.39, 0.29) is 11.9 Å². The highest BCUT2D eigenvalue weighted by molar-refractivity contribution is 5.55. The number of nitrogens with zero attached hydrogens (tertiary/aromatic N) is 1. The first kappa shape index (κ1) is 12.7. The van der Waals surface area contributed by atoms with Crippen molar-refractivity contribution in [2.24, 2.45) is 5.73 Å². The summed E-state index contributed by atoms with van der Waals surface area (Å²) < 4.78 is 13.7. The number of nitrogens with two attached hydrogens (primary N) is 1. The molecular weight excluding hydrogens is 203 g/mol. The summed E-state index contributed by atoms with van der Waals surface area (Å²) in [5.41, 5.74) is 8.22. The van der Waals surface area contributed by atoms with E-state index in [0.29, 0.717) is 12.1 Å². The Kier molecular flexibility index (Phi) is 4.07. The molecule has 0 amide bonds. The van der Waals surface area contributed by atoms with Crippen LogP contribution in [-0.2, 0) is 0 Å². The average molecular weight is 222 g/mol. The quantitative estimate of drug-likeness (QED) is 0.794. The second-order valence-electron chi connectivity index (χ2n) is 4.27. The first-order valence-electron chi connectivity index (χ1n) is 5.33. The molecule has 0 aromatic heterocycles. The lowest BCUT2D eigenvalue weighted by Crippen LogP contribution is -2.23. The van der Waals surface area contributed by atoms with E-state index in [1.807, 2.05) is 24.9 Å². The third kappa shape index (κ3) is 2.83. The van der Waals surface area contributed by atoms with Gasteiger partial charge < -0.3 is 10.6 Å². The van der Waals surface area contributed by atoms with E-state index in [2.05, 4.69) is 6.58 Å². The van der Waals surface area contributed by atoms with E-state index >= 15 is 0 Å². The van der Waals surface area contributed by atoms with Gasteiger partial charge in [-0.2, -0.15) is 0 Å². The van der Waals surface area contributed by atoms with Crippen LogP contribution in [0.4, 0.5) is 10.1 Å². The van der Waals surface area contributed by atoms with Crippen LogP contribution in [0.3, 0.4) is 0 Å². The van der Waals surface area contributed by atoms with Gasteiger partial charge in [0.25, 0.3) is 0 Å². The van der Waals surface area contributed by atoms with Gasteiger partial charge in [0.1, 0.15) is 5.82 Å². The molecule has 2 nitrogen and oxygen atoms in total. The molecular formula is C13H19FN2. The van der Waals surface area contributed by atoms with Crippen molar-refractivity contribution in [3.63, 3.8) is 0 Å². The predicted octanol–water partition coefficient (Wildman–Crippen LogP) is 2.86. The molecule has 88 valence electrons. The van der Waals surface area contributed by atoms with Crippen LogP contribution in [0.25, 0.3) is 0 Å². The number of hydrogen-bond acceptors (Lipinski definition) is 2.